The molecule has 1 aromatic carbocycles. The molecular formula is C17H24N2OS. The number of aryl methyl sites for hydroxylation is 1. The fourth-order valence-corrected chi connectivity index (χ4v) is 3.33. The van der Waals surface area contributed by atoms with E-state index in [0.29, 0.717) is 4.99 Å². The zero-order valence-corrected chi connectivity index (χ0v) is 13.5. The molecule has 1 aliphatic rings. The van der Waals surface area contributed by atoms with Crippen LogP contribution in [0.2, 0.25) is 0 Å². The van der Waals surface area contributed by atoms with Crippen LogP contribution in [0.1, 0.15) is 51.0 Å². The standard InChI is InChI=1S/C17H24N2OS/c1-2-13-8-7-9-14(12-13)19-16(20)17(15(18)21)10-5-3-4-6-11-17/h7-9,12H,2-6,10-11H2,1H3,(H2,18,21)(H,19,20). The lowest BCUT2D eigenvalue weighted by Gasteiger charge is -2.30. The summed E-state index contributed by atoms with van der Waals surface area (Å²) in [7, 11) is 0. The predicted octanol–water partition coefficient (Wildman–Crippen LogP) is 3.81. The summed E-state index contributed by atoms with van der Waals surface area (Å²) >= 11 is 5.25. The molecule has 1 aromatic rings. The van der Waals surface area contributed by atoms with Gasteiger partial charge >= 0.3 is 0 Å². The second-order valence-electron chi connectivity index (χ2n) is 5.87. The van der Waals surface area contributed by atoms with Crippen LogP contribution < -0.4 is 11.1 Å². The Balaban J connectivity index is 2.20. The van der Waals surface area contributed by atoms with Crippen molar-refractivity contribution in [2.45, 2.75) is 51.9 Å². The summed E-state index contributed by atoms with van der Waals surface area (Å²) in [5, 5.41) is 3.03. The molecule has 114 valence electrons. The van der Waals surface area contributed by atoms with Gasteiger partial charge in [0, 0.05) is 5.69 Å². The molecule has 0 aromatic heterocycles. The first kappa shape index (κ1) is 16.0. The number of carbonyl (C=O) groups excluding carboxylic acids is 1. The molecule has 0 aliphatic heterocycles. The van der Waals surface area contributed by atoms with E-state index in [4.69, 9.17) is 18.0 Å². The first-order valence-corrected chi connectivity index (χ1v) is 8.19. The molecule has 2 rings (SSSR count). The molecule has 0 saturated heterocycles. The van der Waals surface area contributed by atoms with Crippen molar-refractivity contribution in [3.05, 3.63) is 29.8 Å². The van der Waals surface area contributed by atoms with Gasteiger partial charge in [0.05, 0.1) is 10.4 Å². The van der Waals surface area contributed by atoms with Gasteiger partial charge in [0.15, 0.2) is 0 Å². The second-order valence-corrected chi connectivity index (χ2v) is 6.31. The molecule has 4 heteroatoms. The van der Waals surface area contributed by atoms with Gasteiger partial charge in [-0.2, -0.15) is 0 Å². The van der Waals surface area contributed by atoms with Crippen LogP contribution in [-0.4, -0.2) is 10.9 Å². The molecule has 1 amide bonds. The monoisotopic (exact) mass is 304 g/mol. The van der Waals surface area contributed by atoms with Crippen LogP contribution in [-0.2, 0) is 11.2 Å². The Hall–Kier alpha value is -1.42. The zero-order valence-electron chi connectivity index (χ0n) is 12.7. The average molecular weight is 304 g/mol. The minimum absolute atomic E-state index is 0.0369. The van der Waals surface area contributed by atoms with Gasteiger partial charge in [0.1, 0.15) is 0 Å². The highest BCUT2D eigenvalue weighted by Gasteiger charge is 2.41. The van der Waals surface area contributed by atoms with E-state index < -0.39 is 5.41 Å². The number of carbonyl (C=O) groups is 1. The molecule has 0 bridgehead atoms. The molecule has 0 radical (unpaired) electrons. The van der Waals surface area contributed by atoms with Crippen LogP contribution in [0.5, 0.6) is 0 Å². The molecular weight excluding hydrogens is 280 g/mol. The fourth-order valence-electron chi connectivity index (χ4n) is 3.04. The van der Waals surface area contributed by atoms with Crippen LogP contribution in [0.4, 0.5) is 5.69 Å². The maximum Gasteiger partial charge on any atom is 0.237 e. The smallest absolute Gasteiger partial charge is 0.237 e. The molecule has 1 aliphatic carbocycles. The Morgan fingerprint density at radius 1 is 1.29 bits per heavy atom. The van der Waals surface area contributed by atoms with Crippen molar-refractivity contribution < 1.29 is 4.79 Å². The van der Waals surface area contributed by atoms with E-state index in [1.807, 2.05) is 18.2 Å². The Morgan fingerprint density at radius 2 is 1.95 bits per heavy atom. The van der Waals surface area contributed by atoms with E-state index >= 15 is 0 Å². The van der Waals surface area contributed by atoms with Crippen molar-refractivity contribution >= 4 is 28.8 Å². The summed E-state index contributed by atoms with van der Waals surface area (Å²) in [6.45, 7) is 2.10. The number of hydrogen-bond acceptors (Lipinski definition) is 2. The van der Waals surface area contributed by atoms with E-state index in [0.717, 1.165) is 50.6 Å². The quantitative estimate of drug-likeness (QED) is 0.657. The topological polar surface area (TPSA) is 55.1 Å². The highest BCUT2D eigenvalue weighted by atomic mass is 32.1. The maximum atomic E-state index is 12.8. The third kappa shape index (κ3) is 3.62. The molecule has 0 unspecified atom stereocenters. The highest BCUT2D eigenvalue weighted by molar-refractivity contribution is 7.80. The SMILES string of the molecule is CCc1cccc(NC(=O)C2(C(N)=S)CCCCCC2)c1. The maximum absolute atomic E-state index is 12.8. The molecule has 0 spiro atoms. The fraction of sp³-hybridized carbons (Fsp3) is 0.529. The average Bonchev–Trinajstić information content (AvgIpc) is 2.74. The number of amides is 1. The van der Waals surface area contributed by atoms with Crippen molar-refractivity contribution in [2.75, 3.05) is 5.32 Å². The summed E-state index contributed by atoms with van der Waals surface area (Å²) in [6, 6.07) is 7.96. The van der Waals surface area contributed by atoms with E-state index in [9.17, 15) is 4.79 Å². The van der Waals surface area contributed by atoms with Gasteiger partial charge in [0.2, 0.25) is 5.91 Å². The Bertz CT molecular complexity index is 519. The lowest BCUT2D eigenvalue weighted by atomic mass is 9.79. The van der Waals surface area contributed by atoms with Crippen molar-refractivity contribution in [2.24, 2.45) is 11.1 Å². The van der Waals surface area contributed by atoms with Crippen LogP contribution in [0.25, 0.3) is 0 Å². The summed E-state index contributed by atoms with van der Waals surface area (Å²) in [5.41, 5.74) is 7.32. The van der Waals surface area contributed by atoms with Gasteiger partial charge in [-0.15, -0.1) is 0 Å². The summed E-state index contributed by atoms with van der Waals surface area (Å²) in [4.78, 5) is 13.1. The van der Waals surface area contributed by atoms with Gasteiger partial charge < -0.3 is 11.1 Å². The Labute approximate surface area is 132 Å². The van der Waals surface area contributed by atoms with Crippen molar-refractivity contribution in [1.82, 2.24) is 0 Å². The molecule has 1 saturated carbocycles. The molecule has 21 heavy (non-hydrogen) atoms. The van der Waals surface area contributed by atoms with E-state index in [-0.39, 0.29) is 5.91 Å². The summed E-state index contributed by atoms with van der Waals surface area (Å²) < 4.78 is 0. The summed E-state index contributed by atoms with van der Waals surface area (Å²) in [6.07, 6.45) is 6.82. The Kier molecular flexibility index (Phi) is 5.34. The van der Waals surface area contributed by atoms with Crippen molar-refractivity contribution in [3.63, 3.8) is 0 Å². The van der Waals surface area contributed by atoms with Gasteiger partial charge in [-0.05, 0) is 37.0 Å². The van der Waals surface area contributed by atoms with Gasteiger partial charge in [-0.3, -0.25) is 4.79 Å². The number of anilines is 1. The van der Waals surface area contributed by atoms with Crippen LogP contribution in [0, 0.1) is 5.41 Å². The zero-order chi connectivity index (χ0) is 15.3. The molecule has 0 heterocycles. The van der Waals surface area contributed by atoms with Gasteiger partial charge in [-0.1, -0.05) is 57.0 Å². The molecule has 3 nitrogen and oxygen atoms in total. The molecule has 1 fully saturated rings. The Morgan fingerprint density at radius 3 is 2.52 bits per heavy atom. The van der Waals surface area contributed by atoms with Crippen LogP contribution >= 0.6 is 12.2 Å². The first-order valence-electron chi connectivity index (χ1n) is 7.79. The normalized spacial score (nSPS) is 17.8. The van der Waals surface area contributed by atoms with Crippen molar-refractivity contribution in [1.29, 1.82) is 0 Å². The predicted molar refractivity (Wildman–Crippen MR) is 91.4 cm³/mol. The molecule has 3 N–H and O–H groups in total. The number of nitrogens with one attached hydrogen (secondary N) is 1. The second kappa shape index (κ2) is 7.03. The highest BCUT2D eigenvalue weighted by Crippen LogP contribution is 2.36. The van der Waals surface area contributed by atoms with E-state index in [1.54, 1.807) is 0 Å². The van der Waals surface area contributed by atoms with E-state index in [2.05, 4.69) is 18.3 Å². The largest absolute Gasteiger partial charge is 0.392 e. The minimum Gasteiger partial charge on any atom is -0.392 e. The number of hydrogen-bond donors (Lipinski definition) is 2. The van der Waals surface area contributed by atoms with Crippen LogP contribution in [0.15, 0.2) is 24.3 Å². The third-order valence-electron chi connectivity index (χ3n) is 4.46. The number of nitrogens with two attached hydrogens (primary N) is 1. The lowest BCUT2D eigenvalue weighted by Crippen LogP contribution is -2.45. The number of benzene rings is 1. The van der Waals surface area contributed by atoms with Gasteiger partial charge in [-0.25, -0.2) is 0 Å². The minimum atomic E-state index is -0.673. The van der Waals surface area contributed by atoms with Crippen LogP contribution in [0.3, 0.4) is 0 Å². The number of thiocarbonyl (C=S) groups is 1. The number of rotatable bonds is 4. The van der Waals surface area contributed by atoms with Gasteiger partial charge in [0.25, 0.3) is 0 Å². The molecule has 0 atom stereocenters. The third-order valence-corrected chi connectivity index (χ3v) is 4.85. The van der Waals surface area contributed by atoms with E-state index in [1.165, 1.54) is 5.56 Å². The lowest BCUT2D eigenvalue weighted by molar-refractivity contribution is -0.122. The summed E-state index contributed by atoms with van der Waals surface area (Å²) in [5.74, 6) is -0.0369. The first-order chi connectivity index (χ1) is 10.1. The van der Waals surface area contributed by atoms with Crippen molar-refractivity contribution in [3.8, 4) is 0 Å².